The van der Waals surface area contributed by atoms with E-state index in [9.17, 15) is 4.79 Å². The highest BCUT2D eigenvalue weighted by Gasteiger charge is 2.32. The summed E-state index contributed by atoms with van der Waals surface area (Å²) >= 11 is 0. The number of carbonyl (C=O) groups is 1. The van der Waals surface area contributed by atoms with E-state index in [-0.39, 0.29) is 5.91 Å². The molecule has 6 rings (SSSR count). The molecular weight excluding hydrogens is 458 g/mol. The highest BCUT2D eigenvalue weighted by Crippen LogP contribution is 2.45. The van der Waals surface area contributed by atoms with Crippen LogP contribution in [0.1, 0.15) is 96.2 Å². The van der Waals surface area contributed by atoms with Crippen molar-refractivity contribution in [3.63, 3.8) is 0 Å². The van der Waals surface area contributed by atoms with E-state index in [0.29, 0.717) is 17.9 Å². The average molecular weight is 497 g/mol. The van der Waals surface area contributed by atoms with Crippen molar-refractivity contribution in [2.45, 2.75) is 78.2 Å². The van der Waals surface area contributed by atoms with Crippen molar-refractivity contribution < 1.29 is 9.36 Å². The molecule has 0 unspecified atom stereocenters. The molecular formula is C31H38N5O+. The minimum absolute atomic E-state index is 0.154. The van der Waals surface area contributed by atoms with E-state index in [0.717, 1.165) is 54.4 Å². The number of benzene rings is 1. The molecule has 37 heavy (non-hydrogen) atoms. The lowest BCUT2D eigenvalue weighted by atomic mass is 9.89. The van der Waals surface area contributed by atoms with Gasteiger partial charge in [0.05, 0.1) is 17.8 Å². The van der Waals surface area contributed by atoms with Crippen molar-refractivity contribution in [3.8, 4) is 11.3 Å². The predicted octanol–water partition coefficient (Wildman–Crippen LogP) is 6.02. The van der Waals surface area contributed by atoms with E-state index in [1.807, 2.05) is 13.1 Å². The summed E-state index contributed by atoms with van der Waals surface area (Å²) in [6, 6.07) is 11.3. The van der Waals surface area contributed by atoms with Gasteiger partial charge >= 0.3 is 0 Å². The fraction of sp³-hybridized carbons (Fsp3) is 0.452. The first-order valence-electron chi connectivity index (χ1n) is 13.8. The fourth-order valence-electron chi connectivity index (χ4n) is 6.40. The lowest BCUT2D eigenvalue weighted by Gasteiger charge is -2.32. The van der Waals surface area contributed by atoms with Gasteiger partial charge in [-0.1, -0.05) is 6.07 Å². The topological polar surface area (TPSA) is 57.3 Å². The second kappa shape index (κ2) is 9.16. The monoisotopic (exact) mass is 496 g/mol. The Morgan fingerprint density at radius 3 is 2.46 bits per heavy atom. The molecule has 1 aromatic carbocycles. The number of H-pyrrole nitrogens is 1. The number of aromatic amines is 1. The third-order valence-corrected chi connectivity index (χ3v) is 8.49. The summed E-state index contributed by atoms with van der Waals surface area (Å²) in [7, 11) is 0. The maximum absolute atomic E-state index is 13.7. The van der Waals surface area contributed by atoms with Gasteiger partial charge in [-0.2, -0.15) is 0 Å². The van der Waals surface area contributed by atoms with Crippen LogP contribution in [0.4, 0.5) is 0 Å². The largest absolute Gasteiger partial charge is 0.339 e. The maximum Gasteiger partial charge on any atom is 0.253 e. The normalized spacial score (nSPS) is 16.8. The van der Waals surface area contributed by atoms with Crippen molar-refractivity contribution >= 4 is 11.4 Å². The molecule has 2 fully saturated rings. The molecule has 0 bridgehead atoms. The Balaban J connectivity index is 1.23. The zero-order valence-electron chi connectivity index (χ0n) is 22.7. The standard InChI is InChI=1S/C31H37N5O/c1-19(2)36-20(3)30(33-22(36)5)29-17-26(8-9-28(29)24-6-7-24)31(37)34-13-10-23(11-14-34)25-12-15-35-21(4)32-18-27(35)16-25/h8-9,12,15-19,23-24H,6-7,10-11,13-14H2,1-5H3/p+1. The molecule has 1 aliphatic carbocycles. The first kappa shape index (κ1) is 24.0. The van der Waals surface area contributed by atoms with Crippen LogP contribution in [0.3, 0.4) is 0 Å². The van der Waals surface area contributed by atoms with Gasteiger partial charge in [0.25, 0.3) is 11.7 Å². The third kappa shape index (κ3) is 4.26. The van der Waals surface area contributed by atoms with Gasteiger partial charge in [0.15, 0.2) is 5.69 Å². The number of aromatic nitrogens is 4. The minimum atomic E-state index is 0.154. The molecule has 3 aromatic heterocycles. The van der Waals surface area contributed by atoms with Gasteiger partial charge in [-0.25, -0.2) is 14.5 Å². The van der Waals surface area contributed by atoms with Gasteiger partial charge in [-0.3, -0.25) is 4.79 Å². The van der Waals surface area contributed by atoms with Gasteiger partial charge in [-0.05, 0) is 93.7 Å². The van der Waals surface area contributed by atoms with Gasteiger partial charge < -0.3 is 9.30 Å². The third-order valence-electron chi connectivity index (χ3n) is 8.49. The molecule has 4 aromatic rings. The lowest BCUT2D eigenvalue weighted by molar-refractivity contribution is -0.725. The molecule has 192 valence electrons. The van der Waals surface area contributed by atoms with E-state index in [1.54, 1.807) is 0 Å². The number of imidazole rings is 2. The quantitative estimate of drug-likeness (QED) is 0.344. The van der Waals surface area contributed by atoms with Gasteiger partial charge in [0.1, 0.15) is 11.5 Å². The minimum Gasteiger partial charge on any atom is -0.339 e. The first-order valence-corrected chi connectivity index (χ1v) is 13.8. The van der Waals surface area contributed by atoms with E-state index < -0.39 is 0 Å². The number of pyridine rings is 1. The van der Waals surface area contributed by atoms with Crippen molar-refractivity contribution in [2.75, 3.05) is 13.1 Å². The zero-order valence-corrected chi connectivity index (χ0v) is 22.7. The number of hydrogen-bond acceptors (Lipinski definition) is 2. The molecule has 0 radical (unpaired) electrons. The van der Waals surface area contributed by atoms with Crippen LogP contribution in [-0.4, -0.2) is 38.3 Å². The number of hydrogen-bond donors (Lipinski definition) is 1. The molecule has 1 saturated heterocycles. The highest BCUT2D eigenvalue weighted by molar-refractivity contribution is 5.96. The second-order valence-electron chi connectivity index (χ2n) is 11.3. The van der Waals surface area contributed by atoms with E-state index in [2.05, 4.69) is 88.1 Å². The second-order valence-corrected chi connectivity index (χ2v) is 11.3. The van der Waals surface area contributed by atoms with E-state index in [4.69, 9.17) is 0 Å². The lowest BCUT2D eigenvalue weighted by Crippen LogP contribution is -2.40. The fourth-order valence-corrected chi connectivity index (χ4v) is 6.40. The molecule has 2 aliphatic rings. The number of rotatable bonds is 5. The van der Waals surface area contributed by atoms with Crippen LogP contribution in [0.2, 0.25) is 0 Å². The van der Waals surface area contributed by atoms with Crippen molar-refractivity contribution in [1.82, 2.24) is 19.3 Å². The van der Waals surface area contributed by atoms with Crippen molar-refractivity contribution in [1.29, 1.82) is 0 Å². The van der Waals surface area contributed by atoms with Crippen LogP contribution in [0, 0.1) is 20.8 Å². The molecule has 1 N–H and O–H groups in total. The number of aryl methyl sites for hydroxylation is 2. The maximum atomic E-state index is 13.7. The molecule has 6 nitrogen and oxygen atoms in total. The van der Waals surface area contributed by atoms with E-state index in [1.165, 1.54) is 35.2 Å². The van der Waals surface area contributed by atoms with Crippen LogP contribution in [0.25, 0.3) is 16.8 Å². The van der Waals surface area contributed by atoms with Crippen molar-refractivity contribution in [3.05, 3.63) is 76.8 Å². The SMILES string of the molecule is Cc1ncc2cc(C3CCN(C(=O)c4ccc(C5CC5)c(-c5[nH]c(C)[n+](C(C)C)c5C)c4)CC3)ccn12. The molecule has 1 amide bonds. The Morgan fingerprint density at radius 2 is 1.78 bits per heavy atom. The predicted molar refractivity (Wildman–Crippen MR) is 146 cm³/mol. The molecule has 6 heteroatoms. The summed E-state index contributed by atoms with van der Waals surface area (Å²) in [6.45, 7) is 12.4. The molecule has 0 atom stereocenters. The van der Waals surface area contributed by atoms with Gasteiger partial charge in [0.2, 0.25) is 0 Å². The zero-order chi connectivity index (χ0) is 25.8. The Hall–Kier alpha value is -3.41. The number of likely N-dealkylation sites (tertiary alicyclic amines) is 1. The molecule has 0 spiro atoms. The summed E-state index contributed by atoms with van der Waals surface area (Å²) in [5.74, 6) is 3.42. The summed E-state index contributed by atoms with van der Waals surface area (Å²) in [4.78, 5) is 23.8. The first-order chi connectivity index (χ1) is 17.8. The number of nitrogens with one attached hydrogen (secondary N) is 1. The van der Waals surface area contributed by atoms with Gasteiger partial charge in [-0.15, -0.1) is 0 Å². The smallest absolute Gasteiger partial charge is 0.253 e. The number of nitrogens with zero attached hydrogens (tertiary/aromatic N) is 4. The number of fused-ring (bicyclic) bond motifs is 1. The molecule has 1 saturated carbocycles. The van der Waals surface area contributed by atoms with Gasteiger partial charge in [0, 0.05) is 44.3 Å². The van der Waals surface area contributed by atoms with E-state index >= 15 is 0 Å². The summed E-state index contributed by atoms with van der Waals surface area (Å²) in [5, 5.41) is 0. The Bertz CT molecular complexity index is 1480. The summed E-state index contributed by atoms with van der Waals surface area (Å²) < 4.78 is 4.48. The van der Waals surface area contributed by atoms with Crippen LogP contribution in [-0.2, 0) is 0 Å². The van der Waals surface area contributed by atoms with Crippen LogP contribution in [0.5, 0.6) is 0 Å². The Kier molecular flexibility index (Phi) is 5.93. The Morgan fingerprint density at radius 1 is 1.03 bits per heavy atom. The highest BCUT2D eigenvalue weighted by atomic mass is 16.2. The van der Waals surface area contributed by atoms with Crippen LogP contribution >= 0.6 is 0 Å². The summed E-state index contributed by atoms with van der Waals surface area (Å²) in [5.41, 5.74) is 8.28. The van der Waals surface area contributed by atoms with Crippen LogP contribution < -0.4 is 4.57 Å². The molecule has 1 aliphatic heterocycles. The van der Waals surface area contributed by atoms with Crippen LogP contribution in [0.15, 0.2) is 42.7 Å². The Labute approximate surface area is 219 Å². The summed E-state index contributed by atoms with van der Waals surface area (Å²) in [6.07, 6.45) is 8.52. The number of amides is 1. The average Bonchev–Trinajstić information content (AvgIpc) is 3.62. The van der Waals surface area contributed by atoms with Crippen molar-refractivity contribution in [2.24, 2.45) is 0 Å². The number of carbonyl (C=O) groups excluding carboxylic acids is 1. The number of piperidine rings is 1. The molecule has 4 heterocycles.